The molecule has 0 bridgehead atoms. The Kier molecular flexibility index (Phi) is 3.00. The second-order valence-electron chi connectivity index (χ2n) is 7.74. The first kappa shape index (κ1) is 15.8. The standard InChI is InChI=1S/C27H17N3/c1-2-8-18(9-3-1)30-24-13-7-6-11-20(24)23-16-25-22(17-26(23)30)19-10-4-5-12-21(19)27-28-14-15-29(25)27/h1-17H. The van der Waals surface area contributed by atoms with Crippen LogP contribution in [0.2, 0.25) is 0 Å². The van der Waals surface area contributed by atoms with Gasteiger partial charge in [-0.25, -0.2) is 4.98 Å². The van der Waals surface area contributed by atoms with Crippen LogP contribution in [-0.4, -0.2) is 14.0 Å². The first-order valence-corrected chi connectivity index (χ1v) is 10.2. The Bertz CT molecular complexity index is 1740. The van der Waals surface area contributed by atoms with E-state index in [1.165, 1.54) is 49.2 Å². The van der Waals surface area contributed by atoms with E-state index in [0.717, 1.165) is 5.65 Å². The predicted octanol–water partition coefficient (Wildman–Crippen LogP) is 6.74. The summed E-state index contributed by atoms with van der Waals surface area (Å²) in [6.45, 7) is 0. The number of hydrogen-bond acceptors (Lipinski definition) is 1. The van der Waals surface area contributed by atoms with Crippen LogP contribution in [0.4, 0.5) is 0 Å². The predicted molar refractivity (Wildman–Crippen MR) is 125 cm³/mol. The van der Waals surface area contributed by atoms with Crippen LogP contribution in [0.5, 0.6) is 0 Å². The van der Waals surface area contributed by atoms with E-state index in [9.17, 15) is 0 Å². The minimum absolute atomic E-state index is 1.00. The highest BCUT2D eigenvalue weighted by molar-refractivity contribution is 6.19. The molecular formula is C27H17N3. The van der Waals surface area contributed by atoms with Gasteiger partial charge in [0.05, 0.1) is 16.6 Å². The summed E-state index contributed by atoms with van der Waals surface area (Å²) in [6.07, 6.45) is 3.95. The molecule has 0 aliphatic rings. The van der Waals surface area contributed by atoms with Crippen molar-refractivity contribution in [2.75, 3.05) is 0 Å². The molecular weight excluding hydrogens is 366 g/mol. The minimum Gasteiger partial charge on any atom is -0.309 e. The van der Waals surface area contributed by atoms with Gasteiger partial charge < -0.3 is 4.57 Å². The lowest BCUT2D eigenvalue weighted by Gasteiger charge is -2.11. The monoisotopic (exact) mass is 383 g/mol. The minimum atomic E-state index is 1.00. The normalized spacial score (nSPS) is 12.0. The summed E-state index contributed by atoms with van der Waals surface area (Å²) in [4.78, 5) is 4.65. The molecule has 3 heteroatoms. The summed E-state index contributed by atoms with van der Waals surface area (Å²) in [5.41, 5.74) is 5.81. The van der Waals surface area contributed by atoms with Gasteiger partial charge in [-0.05, 0) is 35.7 Å². The van der Waals surface area contributed by atoms with E-state index in [1.807, 2.05) is 6.20 Å². The summed E-state index contributed by atoms with van der Waals surface area (Å²) in [6, 6.07) is 32.5. The molecule has 0 amide bonds. The fraction of sp³-hybridized carbons (Fsp3) is 0. The van der Waals surface area contributed by atoms with E-state index >= 15 is 0 Å². The lowest BCUT2D eigenvalue weighted by Crippen LogP contribution is -1.94. The SMILES string of the molecule is c1ccc(-n2c3ccccc3c3cc4c(cc32)c2ccccc2c2nccn42)cc1. The smallest absolute Gasteiger partial charge is 0.145 e. The van der Waals surface area contributed by atoms with Crippen molar-refractivity contribution in [2.24, 2.45) is 0 Å². The van der Waals surface area contributed by atoms with Gasteiger partial charge in [0, 0.05) is 39.6 Å². The molecule has 3 nitrogen and oxygen atoms in total. The van der Waals surface area contributed by atoms with Gasteiger partial charge in [-0.1, -0.05) is 60.7 Å². The summed E-state index contributed by atoms with van der Waals surface area (Å²) >= 11 is 0. The fourth-order valence-corrected chi connectivity index (χ4v) is 4.88. The maximum Gasteiger partial charge on any atom is 0.145 e. The van der Waals surface area contributed by atoms with Crippen LogP contribution >= 0.6 is 0 Å². The van der Waals surface area contributed by atoms with Crippen LogP contribution < -0.4 is 0 Å². The fourth-order valence-electron chi connectivity index (χ4n) is 4.88. The quantitative estimate of drug-likeness (QED) is 0.288. The molecule has 0 N–H and O–H groups in total. The average molecular weight is 383 g/mol. The molecule has 7 rings (SSSR count). The van der Waals surface area contributed by atoms with Crippen molar-refractivity contribution in [3.8, 4) is 5.69 Å². The van der Waals surface area contributed by atoms with Gasteiger partial charge in [-0.3, -0.25) is 4.40 Å². The van der Waals surface area contributed by atoms with Crippen molar-refractivity contribution >= 4 is 49.1 Å². The Morgan fingerprint density at radius 2 is 1.20 bits per heavy atom. The Morgan fingerprint density at radius 3 is 2.07 bits per heavy atom. The molecule has 3 heterocycles. The topological polar surface area (TPSA) is 22.2 Å². The number of aromatic nitrogens is 3. The molecule has 3 aromatic heterocycles. The van der Waals surface area contributed by atoms with E-state index in [0.29, 0.717) is 0 Å². The number of rotatable bonds is 1. The molecule has 0 atom stereocenters. The van der Waals surface area contributed by atoms with E-state index < -0.39 is 0 Å². The van der Waals surface area contributed by atoms with E-state index in [2.05, 4.69) is 111 Å². The number of pyridine rings is 1. The first-order valence-electron chi connectivity index (χ1n) is 10.2. The van der Waals surface area contributed by atoms with Crippen LogP contribution in [0.3, 0.4) is 0 Å². The molecule has 0 unspecified atom stereocenters. The molecule has 0 aliphatic carbocycles. The Balaban J connectivity index is 1.78. The van der Waals surface area contributed by atoms with E-state index in [1.54, 1.807) is 0 Å². The molecule has 4 aromatic carbocycles. The van der Waals surface area contributed by atoms with Gasteiger partial charge in [0.1, 0.15) is 5.65 Å². The number of hydrogen-bond donors (Lipinski definition) is 0. The Labute approximate surface area is 172 Å². The molecule has 0 saturated carbocycles. The maximum atomic E-state index is 4.65. The van der Waals surface area contributed by atoms with Crippen molar-refractivity contribution in [2.45, 2.75) is 0 Å². The van der Waals surface area contributed by atoms with E-state index in [4.69, 9.17) is 0 Å². The molecule has 30 heavy (non-hydrogen) atoms. The molecule has 0 radical (unpaired) electrons. The van der Waals surface area contributed by atoms with E-state index in [-0.39, 0.29) is 0 Å². The van der Waals surface area contributed by atoms with Gasteiger partial charge >= 0.3 is 0 Å². The average Bonchev–Trinajstić information content (AvgIpc) is 3.42. The number of para-hydroxylation sites is 2. The van der Waals surface area contributed by atoms with Crippen molar-refractivity contribution in [1.82, 2.24) is 14.0 Å². The molecule has 7 aromatic rings. The maximum absolute atomic E-state index is 4.65. The third-order valence-electron chi connectivity index (χ3n) is 6.16. The zero-order valence-electron chi connectivity index (χ0n) is 16.2. The highest BCUT2D eigenvalue weighted by atomic mass is 15.0. The van der Waals surface area contributed by atoms with Crippen LogP contribution in [0.15, 0.2) is 103 Å². The number of imidazole rings is 1. The van der Waals surface area contributed by atoms with Crippen LogP contribution in [0.25, 0.3) is 54.8 Å². The number of nitrogens with zero attached hydrogens (tertiary/aromatic N) is 3. The summed E-state index contributed by atoms with van der Waals surface area (Å²) in [7, 11) is 0. The third kappa shape index (κ3) is 1.96. The van der Waals surface area contributed by atoms with Crippen molar-refractivity contribution in [1.29, 1.82) is 0 Å². The van der Waals surface area contributed by atoms with Crippen molar-refractivity contribution in [3.05, 3.63) is 103 Å². The molecule has 0 spiro atoms. The Hall–Kier alpha value is -4.11. The highest BCUT2D eigenvalue weighted by Crippen LogP contribution is 2.37. The van der Waals surface area contributed by atoms with Gasteiger partial charge in [0.15, 0.2) is 0 Å². The lowest BCUT2D eigenvalue weighted by molar-refractivity contribution is 1.18. The highest BCUT2D eigenvalue weighted by Gasteiger charge is 2.16. The molecule has 140 valence electrons. The molecule has 0 saturated heterocycles. The summed E-state index contributed by atoms with van der Waals surface area (Å²) < 4.78 is 4.59. The van der Waals surface area contributed by atoms with Gasteiger partial charge in [0.25, 0.3) is 0 Å². The van der Waals surface area contributed by atoms with Crippen LogP contribution in [0.1, 0.15) is 0 Å². The van der Waals surface area contributed by atoms with Crippen LogP contribution in [-0.2, 0) is 0 Å². The second-order valence-corrected chi connectivity index (χ2v) is 7.74. The second kappa shape index (κ2) is 5.71. The lowest BCUT2D eigenvalue weighted by atomic mass is 10.0. The van der Waals surface area contributed by atoms with Crippen LogP contribution in [0, 0.1) is 0 Å². The van der Waals surface area contributed by atoms with Crippen molar-refractivity contribution < 1.29 is 0 Å². The number of fused-ring (bicyclic) bond motifs is 9. The summed E-state index contributed by atoms with van der Waals surface area (Å²) in [5, 5.41) is 6.17. The first-order chi connectivity index (χ1) is 14.9. The van der Waals surface area contributed by atoms with Crippen molar-refractivity contribution in [3.63, 3.8) is 0 Å². The zero-order valence-corrected chi connectivity index (χ0v) is 16.2. The molecule has 0 fully saturated rings. The van der Waals surface area contributed by atoms with Gasteiger partial charge in [-0.2, -0.15) is 0 Å². The zero-order chi connectivity index (χ0) is 19.7. The Morgan fingerprint density at radius 1 is 0.533 bits per heavy atom. The number of benzene rings is 4. The molecule has 0 aliphatic heterocycles. The summed E-state index contributed by atoms with van der Waals surface area (Å²) in [5.74, 6) is 0. The third-order valence-corrected chi connectivity index (χ3v) is 6.16. The van der Waals surface area contributed by atoms with Gasteiger partial charge in [0.2, 0.25) is 0 Å². The van der Waals surface area contributed by atoms with Gasteiger partial charge in [-0.15, -0.1) is 0 Å². The largest absolute Gasteiger partial charge is 0.309 e.